The highest BCUT2D eigenvalue weighted by Gasteiger charge is 2.29. The van der Waals surface area contributed by atoms with Gasteiger partial charge in [0, 0.05) is 36.7 Å². The molecule has 0 aliphatic carbocycles. The summed E-state index contributed by atoms with van der Waals surface area (Å²) in [6.07, 6.45) is 2.82. The van der Waals surface area contributed by atoms with Gasteiger partial charge in [-0.25, -0.2) is 8.42 Å². The topological polar surface area (TPSA) is 57.7 Å². The summed E-state index contributed by atoms with van der Waals surface area (Å²) in [5, 5.41) is 0. The van der Waals surface area contributed by atoms with Crippen molar-refractivity contribution in [3.05, 3.63) is 28.2 Å². The summed E-state index contributed by atoms with van der Waals surface area (Å²) < 4.78 is 27.9. The van der Waals surface area contributed by atoms with Crippen LogP contribution in [0.3, 0.4) is 0 Å². The van der Waals surface area contributed by atoms with Crippen molar-refractivity contribution in [1.82, 2.24) is 9.21 Å². The number of carbonyl (C=O) groups is 1. The van der Waals surface area contributed by atoms with E-state index in [2.05, 4.69) is 36.7 Å². The molecular formula is C18H27BrN2O3S. The molecule has 5 nitrogen and oxygen atoms in total. The molecule has 0 bridgehead atoms. The summed E-state index contributed by atoms with van der Waals surface area (Å²) in [6, 6.07) is 4.81. The van der Waals surface area contributed by atoms with Crippen LogP contribution in [0.2, 0.25) is 0 Å². The summed E-state index contributed by atoms with van der Waals surface area (Å²) in [5.74, 6) is -0.169. The van der Waals surface area contributed by atoms with Gasteiger partial charge in [0.1, 0.15) is 0 Å². The standard InChI is InChI=1S/C18H27BrN2O3S/c1-18(2,3)13-20(4)17(22)14-8-9-15(19)16(12-14)25(23,24)21-10-6-5-7-11-21/h8-9,12H,5-7,10-11,13H2,1-4H3. The molecule has 1 fully saturated rings. The van der Waals surface area contributed by atoms with Crippen LogP contribution in [0, 0.1) is 5.41 Å². The van der Waals surface area contributed by atoms with Gasteiger partial charge in [-0.3, -0.25) is 4.79 Å². The normalized spacial score (nSPS) is 16.7. The van der Waals surface area contributed by atoms with Gasteiger partial charge in [0.25, 0.3) is 5.91 Å². The lowest BCUT2D eigenvalue weighted by atomic mass is 9.96. The fourth-order valence-corrected chi connectivity index (χ4v) is 5.55. The van der Waals surface area contributed by atoms with Crippen LogP contribution in [-0.2, 0) is 10.0 Å². The predicted octanol–water partition coefficient (Wildman–Crippen LogP) is 3.74. The van der Waals surface area contributed by atoms with Gasteiger partial charge >= 0.3 is 0 Å². The monoisotopic (exact) mass is 430 g/mol. The quantitative estimate of drug-likeness (QED) is 0.730. The number of benzene rings is 1. The van der Waals surface area contributed by atoms with E-state index < -0.39 is 10.0 Å². The molecule has 7 heteroatoms. The molecular weight excluding hydrogens is 404 g/mol. The highest BCUT2D eigenvalue weighted by molar-refractivity contribution is 9.10. The van der Waals surface area contributed by atoms with Crippen LogP contribution in [0.5, 0.6) is 0 Å². The predicted molar refractivity (Wildman–Crippen MR) is 103 cm³/mol. The van der Waals surface area contributed by atoms with Crippen molar-refractivity contribution in [2.75, 3.05) is 26.7 Å². The number of rotatable bonds is 4. The lowest BCUT2D eigenvalue weighted by Crippen LogP contribution is -2.36. The lowest BCUT2D eigenvalue weighted by Gasteiger charge is -2.28. The summed E-state index contributed by atoms with van der Waals surface area (Å²) in [7, 11) is -1.85. The molecule has 0 aromatic heterocycles. The largest absolute Gasteiger partial charge is 0.341 e. The average molecular weight is 431 g/mol. The molecule has 1 aromatic rings. The van der Waals surface area contributed by atoms with Crippen LogP contribution >= 0.6 is 15.9 Å². The zero-order chi connectivity index (χ0) is 18.8. The van der Waals surface area contributed by atoms with Crippen molar-refractivity contribution < 1.29 is 13.2 Å². The molecule has 1 amide bonds. The minimum atomic E-state index is -3.59. The van der Waals surface area contributed by atoms with Gasteiger partial charge in [-0.05, 0) is 52.4 Å². The highest BCUT2D eigenvalue weighted by atomic mass is 79.9. The number of nitrogens with zero attached hydrogens (tertiary/aromatic N) is 2. The number of halogens is 1. The Morgan fingerprint density at radius 1 is 1.20 bits per heavy atom. The second kappa shape index (κ2) is 7.76. The Morgan fingerprint density at radius 2 is 1.80 bits per heavy atom. The maximum absolute atomic E-state index is 13.0. The van der Waals surface area contributed by atoms with E-state index in [1.54, 1.807) is 24.1 Å². The molecule has 0 atom stereocenters. The second-order valence-corrected chi connectivity index (χ2v) is 10.6. The van der Waals surface area contributed by atoms with E-state index in [0.29, 0.717) is 29.7 Å². The first-order chi connectivity index (χ1) is 11.5. The molecule has 1 heterocycles. The second-order valence-electron chi connectivity index (χ2n) is 7.83. The van der Waals surface area contributed by atoms with Crippen LogP contribution < -0.4 is 0 Å². The number of hydrogen-bond donors (Lipinski definition) is 0. The molecule has 2 rings (SSSR count). The molecule has 25 heavy (non-hydrogen) atoms. The fourth-order valence-electron chi connectivity index (χ4n) is 3.08. The van der Waals surface area contributed by atoms with Gasteiger partial charge in [-0.2, -0.15) is 4.31 Å². The Kier molecular flexibility index (Phi) is 6.33. The van der Waals surface area contributed by atoms with Crippen molar-refractivity contribution in [3.8, 4) is 0 Å². The van der Waals surface area contributed by atoms with Gasteiger partial charge in [-0.15, -0.1) is 0 Å². The van der Waals surface area contributed by atoms with Crippen molar-refractivity contribution >= 4 is 31.9 Å². The van der Waals surface area contributed by atoms with Crippen LogP contribution in [0.15, 0.2) is 27.6 Å². The Hall–Kier alpha value is -0.920. The summed E-state index contributed by atoms with van der Waals surface area (Å²) >= 11 is 3.34. The van der Waals surface area contributed by atoms with Crippen molar-refractivity contribution in [2.45, 2.75) is 44.9 Å². The molecule has 0 radical (unpaired) electrons. The molecule has 0 unspecified atom stereocenters. The molecule has 0 saturated carbocycles. The Labute approximate surface area is 159 Å². The van der Waals surface area contributed by atoms with E-state index >= 15 is 0 Å². The smallest absolute Gasteiger partial charge is 0.253 e. The molecule has 1 aliphatic heterocycles. The zero-order valence-corrected chi connectivity index (χ0v) is 17.8. The molecule has 0 spiro atoms. The summed E-state index contributed by atoms with van der Waals surface area (Å²) in [6.45, 7) is 7.85. The van der Waals surface area contributed by atoms with Gasteiger partial charge in [0.15, 0.2) is 0 Å². The molecule has 1 aromatic carbocycles. The first kappa shape index (κ1) is 20.4. The van der Waals surface area contributed by atoms with Gasteiger partial charge in [0.2, 0.25) is 10.0 Å². The number of amides is 1. The molecule has 0 N–H and O–H groups in total. The Morgan fingerprint density at radius 3 is 2.36 bits per heavy atom. The van der Waals surface area contributed by atoms with Gasteiger partial charge in [-0.1, -0.05) is 27.2 Å². The Balaban J connectivity index is 2.32. The summed E-state index contributed by atoms with van der Waals surface area (Å²) in [5.41, 5.74) is 0.369. The average Bonchev–Trinajstić information content (AvgIpc) is 2.53. The number of piperidine rings is 1. The molecule has 140 valence electrons. The van der Waals surface area contributed by atoms with E-state index in [-0.39, 0.29) is 16.2 Å². The number of hydrogen-bond acceptors (Lipinski definition) is 3. The van der Waals surface area contributed by atoms with Crippen LogP contribution in [0.25, 0.3) is 0 Å². The first-order valence-corrected chi connectivity index (χ1v) is 10.8. The molecule has 1 saturated heterocycles. The van der Waals surface area contributed by atoms with Gasteiger partial charge in [0.05, 0.1) is 4.90 Å². The van der Waals surface area contributed by atoms with Crippen LogP contribution in [0.1, 0.15) is 50.4 Å². The van der Waals surface area contributed by atoms with E-state index in [0.717, 1.165) is 19.3 Å². The number of carbonyl (C=O) groups excluding carboxylic acids is 1. The third-order valence-electron chi connectivity index (χ3n) is 4.17. The number of sulfonamides is 1. The van der Waals surface area contributed by atoms with E-state index in [4.69, 9.17) is 0 Å². The lowest BCUT2D eigenvalue weighted by molar-refractivity contribution is 0.0745. The van der Waals surface area contributed by atoms with E-state index in [1.807, 2.05) is 0 Å². The van der Waals surface area contributed by atoms with Crippen LogP contribution in [-0.4, -0.2) is 50.2 Å². The maximum Gasteiger partial charge on any atom is 0.253 e. The van der Waals surface area contributed by atoms with E-state index in [1.165, 1.54) is 10.4 Å². The van der Waals surface area contributed by atoms with E-state index in [9.17, 15) is 13.2 Å². The molecule has 1 aliphatic rings. The third-order valence-corrected chi connectivity index (χ3v) is 7.06. The summed E-state index contributed by atoms with van der Waals surface area (Å²) in [4.78, 5) is 14.5. The van der Waals surface area contributed by atoms with Crippen LogP contribution in [0.4, 0.5) is 0 Å². The van der Waals surface area contributed by atoms with Crippen molar-refractivity contribution in [1.29, 1.82) is 0 Å². The van der Waals surface area contributed by atoms with Crippen molar-refractivity contribution in [3.63, 3.8) is 0 Å². The highest BCUT2D eigenvalue weighted by Crippen LogP contribution is 2.28. The fraction of sp³-hybridized carbons (Fsp3) is 0.611. The van der Waals surface area contributed by atoms with Crippen molar-refractivity contribution in [2.24, 2.45) is 5.41 Å². The minimum Gasteiger partial charge on any atom is -0.341 e. The zero-order valence-electron chi connectivity index (χ0n) is 15.4. The first-order valence-electron chi connectivity index (χ1n) is 8.57. The SMILES string of the molecule is CN(CC(C)(C)C)C(=O)c1ccc(Br)c(S(=O)(=O)N2CCCCC2)c1. The Bertz CT molecular complexity index is 735. The maximum atomic E-state index is 13.0. The van der Waals surface area contributed by atoms with Gasteiger partial charge < -0.3 is 4.90 Å². The third kappa shape index (κ3) is 5.05. The minimum absolute atomic E-state index is 0.0253.